The number of imidazole rings is 1. The van der Waals surface area contributed by atoms with Gasteiger partial charge in [-0.05, 0) is 60.5 Å². The molecule has 39 heavy (non-hydrogen) atoms. The maximum atomic E-state index is 11.9. The molecule has 0 amide bonds. The lowest BCUT2D eigenvalue weighted by Crippen LogP contribution is -2.27. The standard InChI is InChI=1S/C33H29N3O3/c1-33(2,32(37)38)19-31-35-29-18-27(39-21-26-14-13-24-8-5-6-10-28(24)34-26)15-16-30(29)36(31)20-22-11-12-23-7-3-4-9-25(23)17-22/h3-18H,19-21H2,1-2H3,(H,37,38). The van der Waals surface area contributed by atoms with E-state index >= 15 is 0 Å². The molecule has 0 spiro atoms. The molecule has 6 nitrogen and oxygen atoms in total. The Labute approximate surface area is 226 Å². The molecule has 2 heterocycles. The smallest absolute Gasteiger partial charge is 0.309 e. The molecule has 0 aliphatic carbocycles. The Bertz CT molecular complexity index is 1840. The van der Waals surface area contributed by atoms with Gasteiger partial charge in [0.05, 0.1) is 27.7 Å². The van der Waals surface area contributed by atoms with Gasteiger partial charge in [0.15, 0.2) is 0 Å². The summed E-state index contributed by atoms with van der Waals surface area (Å²) in [5, 5.41) is 13.3. The Hall–Kier alpha value is -4.71. The van der Waals surface area contributed by atoms with Crippen LogP contribution in [-0.4, -0.2) is 25.6 Å². The zero-order valence-corrected chi connectivity index (χ0v) is 22.0. The normalized spacial score (nSPS) is 11.8. The number of ether oxygens (including phenoxy) is 1. The molecule has 6 aromatic rings. The van der Waals surface area contributed by atoms with Crippen LogP contribution in [0.4, 0.5) is 0 Å². The van der Waals surface area contributed by atoms with Gasteiger partial charge in [-0.2, -0.15) is 0 Å². The summed E-state index contributed by atoms with van der Waals surface area (Å²) in [5.74, 6) is 0.578. The Kier molecular flexibility index (Phi) is 6.23. The van der Waals surface area contributed by atoms with Gasteiger partial charge < -0.3 is 14.4 Å². The van der Waals surface area contributed by atoms with Crippen molar-refractivity contribution in [2.45, 2.75) is 33.4 Å². The molecule has 6 heteroatoms. The van der Waals surface area contributed by atoms with Gasteiger partial charge in [0.1, 0.15) is 18.2 Å². The number of carbonyl (C=O) groups is 1. The monoisotopic (exact) mass is 515 g/mol. The molecule has 0 radical (unpaired) electrons. The molecule has 4 aromatic carbocycles. The van der Waals surface area contributed by atoms with E-state index in [1.165, 1.54) is 10.8 Å². The van der Waals surface area contributed by atoms with Gasteiger partial charge in [0.2, 0.25) is 0 Å². The zero-order valence-electron chi connectivity index (χ0n) is 22.0. The number of aromatic nitrogens is 3. The van der Waals surface area contributed by atoms with Crippen LogP contribution in [0.15, 0.2) is 97.1 Å². The lowest BCUT2D eigenvalue weighted by Gasteiger charge is -2.19. The number of pyridine rings is 1. The van der Waals surface area contributed by atoms with Crippen molar-refractivity contribution >= 4 is 38.7 Å². The van der Waals surface area contributed by atoms with E-state index in [1.54, 1.807) is 13.8 Å². The topological polar surface area (TPSA) is 77.2 Å². The summed E-state index contributed by atoms with van der Waals surface area (Å²) >= 11 is 0. The number of aliphatic carboxylic acids is 1. The van der Waals surface area contributed by atoms with E-state index in [4.69, 9.17) is 14.7 Å². The van der Waals surface area contributed by atoms with E-state index in [-0.39, 0.29) is 0 Å². The second-order valence-electron chi connectivity index (χ2n) is 10.6. The van der Waals surface area contributed by atoms with E-state index in [0.717, 1.165) is 39.0 Å². The number of para-hydroxylation sites is 1. The highest BCUT2D eigenvalue weighted by Crippen LogP contribution is 2.29. The molecule has 6 rings (SSSR count). The fourth-order valence-corrected chi connectivity index (χ4v) is 4.90. The van der Waals surface area contributed by atoms with Gasteiger partial charge in [0.25, 0.3) is 0 Å². The first-order chi connectivity index (χ1) is 18.9. The van der Waals surface area contributed by atoms with Crippen molar-refractivity contribution in [2.75, 3.05) is 0 Å². The van der Waals surface area contributed by atoms with Gasteiger partial charge in [0, 0.05) is 24.4 Å². The van der Waals surface area contributed by atoms with Gasteiger partial charge in [-0.1, -0.05) is 60.7 Å². The summed E-state index contributed by atoms with van der Waals surface area (Å²) in [6.07, 6.45) is 0.307. The van der Waals surface area contributed by atoms with Crippen molar-refractivity contribution in [2.24, 2.45) is 5.41 Å². The summed E-state index contributed by atoms with van der Waals surface area (Å²) in [6, 6.07) is 32.6. The van der Waals surface area contributed by atoms with Gasteiger partial charge in [-0.3, -0.25) is 4.79 Å². The Balaban J connectivity index is 1.32. The van der Waals surface area contributed by atoms with E-state index in [2.05, 4.69) is 41.0 Å². The highest BCUT2D eigenvalue weighted by atomic mass is 16.5. The maximum Gasteiger partial charge on any atom is 0.309 e. The largest absolute Gasteiger partial charge is 0.487 e. The van der Waals surface area contributed by atoms with E-state index in [0.29, 0.717) is 25.3 Å². The number of carboxylic acids is 1. The van der Waals surface area contributed by atoms with Crippen LogP contribution < -0.4 is 4.74 Å². The third-order valence-corrected chi connectivity index (χ3v) is 7.18. The fourth-order valence-electron chi connectivity index (χ4n) is 4.90. The Morgan fingerprint density at radius 2 is 1.56 bits per heavy atom. The van der Waals surface area contributed by atoms with Crippen molar-refractivity contribution in [3.8, 4) is 5.75 Å². The molecule has 0 saturated heterocycles. The van der Waals surface area contributed by atoms with E-state index in [1.807, 2.05) is 60.7 Å². The fraction of sp³-hybridized carbons (Fsp3) is 0.182. The summed E-state index contributed by atoms with van der Waals surface area (Å²) in [5.41, 5.74) is 3.67. The molecule has 0 saturated carbocycles. The minimum Gasteiger partial charge on any atom is -0.487 e. The summed E-state index contributed by atoms with van der Waals surface area (Å²) in [7, 11) is 0. The predicted octanol–water partition coefficient (Wildman–Crippen LogP) is 7.02. The SMILES string of the molecule is CC(C)(Cc1nc2cc(OCc3ccc4ccccc4n3)ccc2n1Cc1ccc2ccccc2c1)C(=O)O. The number of fused-ring (bicyclic) bond motifs is 3. The van der Waals surface area contributed by atoms with Crippen LogP contribution in [0.3, 0.4) is 0 Å². The first-order valence-electron chi connectivity index (χ1n) is 13.0. The molecule has 0 atom stereocenters. The number of hydrogen-bond acceptors (Lipinski definition) is 4. The molecular formula is C33H29N3O3. The van der Waals surface area contributed by atoms with Crippen LogP contribution in [0.1, 0.15) is 30.9 Å². The minimum absolute atomic E-state index is 0.307. The van der Waals surface area contributed by atoms with Crippen LogP contribution >= 0.6 is 0 Å². The molecule has 2 aromatic heterocycles. The molecular weight excluding hydrogens is 486 g/mol. The molecule has 0 aliphatic rings. The van der Waals surface area contributed by atoms with Crippen molar-refractivity contribution in [3.63, 3.8) is 0 Å². The number of rotatable bonds is 8. The molecule has 0 unspecified atom stereocenters. The van der Waals surface area contributed by atoms with Crippen molar-refractivity contribution in [1.82, 2.24) is 14.5 Å². The first kappa shape index (κ1) is 24.6. The number of carboxylic acid groups (broad SMARTS) is 1. The zero-order chi connectivity index (χ0) is 27.0. The molecule has 1 N–H and O–H groups in total. The van der Waals surface area contributed by atoms with E-state index < -0.39 is 11.4 Å². The van der Waals surface area contributed by atoms with Crippen LogP contribution in [0, 0.1) is 5.41 Å². The van der Waals surface area contributed by atoms with Gasteiger partial charge in [-0.15, -0.1) is 0 Å². The average molecular weight is 516 g/mol. The van der Waals surface area contributed by atoms with Gasteiger partial charge in [-0.25, -0.2) is 9.97 Å². The molecule has 0 aliphatic heterocycles. The first-order valence-corrected chi connectivity index (χ1v) is 13.0. The molecule has 0 fully saturated rings. The minimum atomic E-state index is -0.955. The van der Waals surface area contributed by atoms with Gasteiger partial charge >= 0.3 is 5.97 Å². The molecule has 0 bridgehead atoms. The van der Waals surface area contributed by atoms with Crippen LogP contribution in [0.2, 0.25) is 0 Å². The lowest BCUT2D eigenvalue weighted by atomic mass is 9.89. The third-order valence-electron chi connectivity index (χ3n) is 7.18. The van der Waals surface area contributed by atoms with Crippen LogP contribution in [-0.2, 0) is 24.4 Å². The highest BCUT2D eigenvalue weighted by Gasteiger charge is 2.30. The summed E-state index contributed by atoms with van der Waals surface area (Å²) in [4.78, 5) is 21.5. The highest BCUT2D eigenvalue weighted by molar-refractivity contribution is 5.83. The van der Waals surface area contributed by atoms with Crippen LogP contribution in [0.5, 0.6) is 5.75 Å². The Morgan fingerprint density at radius 1 is 0.821 bits per heavy atom. The van der Waals surface area contributed by atoms with Crippen molar-refractivity contribution < 1.29 is 14.6 Å². The summed E-state index contributed by atoms with van der Waals surface area (Å²) in [6.45, 7) is 4.40. The number of benzene rings is 4. The quantitative estimate of drug-likeness (QED) is 0.236. The summed E-state index contributed by atoms with van der Waals surface area (Å²) < 4.78 is 8.22. The van der Waals surface area contributed by atoms with Crippen molar-refractivity contribution in [1.29, 1.82) is 0 Å². The predicted molar refractivity (Wildman–Crippen MR) is 154 cm³/mol. The van der Waals surface area contributed by atoms with Crippen molar-refractivity contribution in [3.05, 3.63) is 114 Å². The second kappa shape index (κ2) is 9.87. The third kappa shape index (κ3) is 5.06. The Morgan fingerprint density at radius 3 is 2.38 bits per heavy atom. The number of nitrogens with zero attached hydrogens (tertiary/aromatic N) is 3. The van der Waals surface area contributed by atoms with Crippen LogP contribution in [0.25, 0.3) is 32.7 Å². The average Bonchev–Trinajstić information content (AvgIpc) is 3.26. The maximum absolute atomic E-state index is 11.9. The number of hydrogen-bond donors (Lipinski definition) is 1. The molecule has 194 valence electrons. The second-order valence-corrected chi connectivity index (χ2v) is 10.6. The van der Waals surface area contributed by atoms with E-state index in [9.17, 15) is 9.90 Å². The lowest BCUT2D eigenvalue weighted by molar-refractivity contribution is -0.146.